The number of halogens is 1. The van der Waals surface area contributed by atoms with Gasteiger partial charge in [0.15, 0.2) is 5.11 Å². The molecule has 0 spiro atoms. The Morgan fingerprint density at radius 1 is 0.875 bits per heavy atom. The van der Waals surface area contributed by atoms with Gasteiger partial charge in [-0.25, -0.2) is 0 Å². The third-order valence-electron chi connectivity index (χ3n) is 8.51. The summed E-state index contributed by atoms with van der Waals surface area (Å²) in [6, 6.07) is 19.0. The van der Waals surface area contributed by atoms with Gasteiger partial charge in [0.1, 0.15) is 11.6 Å². The van der Waals surface area contributed by atoms with Crippen LogP contribution in [0.1, 0.15) is 55.2 Å². The van der Waals surface area contributed by atoms with Gasteiger partial charge in [-0.3, -0.25) is 0 Å². The Morgan fingerprint density at radius 3 is 2.15 bits per heavy atom. The minimum Gasteiger partial charge on any atom is -0.381 e. The van der Waals surface area contributed by atoms with Crippen LogP contribution in [0.3, 0.4) is 0 Å². The van der Waals surface area contributed by atoms with E-state index in [1.165, 1.54) is 42.4 Å². The number of thiocarbonyl (C=S) groups is 1. The van der Waals surface area contributed by atoms with Gasteiger partial charge in [0.2, 0.25) is 5.95 Å². The normalized spacial score (nSPS) is 18.6. The highest BCUT2D eigenvalue weighted by atomic mass is 35.5. The van der Waals surface area contributed by atoms with Crippen LogP contribution in [-0.4, -0.2) is 47.9 Å². The van der Waals surface area contributed by atoms with E-state index in [0.29, 0.717) is 17.6 Å². The number of hydrogen-bond acceptors (Lipinski definition) is 6. The van der Waals surface area contributed by atoms with Crippen LogP contribution in [0.2, 0.25) is 5.02 Å². The Morgan fingerprint density at radius 2 is 1.50 bits per heavy atom. The predicted octanol–water partition coefficient (Wildman–Crippen LogP) is 6.07. The fourth-order valence-corrected chi connectivity index (χ4v) is 6.41. The van der Waals surface area contributed by atoms with Crippen molar-refractivity contribution in [3.8, 4) is 0 Å². The first-order valence-corrected chi connectivity index (χ1v) is 15.2. The number of aromatic nitrogens is 2. The zero-order valence-electron chi connectivity index (χ0n) is 22.9. The molecule has 210 valence electrons. The molecule has 7 nitrogen and oxygen atoms in total. The summed E-state index contributed by atoms with van der Waals surface area (Å²) in [6.45, 7) is 5.89. The van der Waals surface area contributed by atoms with Crippen molar-refractivity contribution in [1.82, 2.24) is 15.3 Å². The van der Waals surface area contributed by atoms with Crippen molar-refractivity contribution in [3.63, 3.8) is 0 Å². The summed E-state index contributed by atoms with van der Waals surface area (Å²) in [5, 5.41) is 8.10. The van der Waals surface area contributed by atoms with Gasteiger partial charge in [0.25, 0.3) is 0 Å². The lowest BCUT2D eigenvalue weighted by Gasteiger charge is -2.38. The lowest BCUT2D eigenvalue weighted by molar-refractivity contribution is 0.0515. The van der Waals surface area contributed by atoms with Crippen LogP contribution in [0.25, 0.3) is 0 Å². The standard InChI is InChI=1S/C31H37ClN6OS/c32-26-11-9-25(10-12-26)31(13-17-39-18-14-31)22-33-30(40)36-29-34-27(37-15-5-1-2-6-16-37)19-28(35-29)38-20-23-7-3-4-8-24(23)21-38/h3-4,7-12,19H,1-2,5-6,13-18,20-22H2,(H2,33,34,35,36,40). The zero-order valence-corrected chi connectivity index (χ0v) is 24.4. The van der Waals surface area contributed by atoms with E-state index in [1.807, 2.05) is 12.1 Å². The van der Waals surface area contributed by atoms with Crippen LogP contribution in [0.5, 0.6) is 0 Å². The average molecular weight is 577 g/mol. The summed E-state index contributed by atoms with van der Waals surface area (Å²) < 4.78 is 5.71. The molecule has 3 aromatic rings. The molecular formula is C31H37ClN6OS. The average Bonchev–Trinajstić information content (AvgIpc) is 3.23. The first-order valence-electron chi connectivity index (χ1n) is 14.4. The van der Waals surface area contributed by atoms with Crippen LogP contribution < -0.4 is 20.4 Å². The van der Waals surface area contributed by atoms with E-state index in [2.05, 4.69) is 62.9 Å². The third kappa shape index (κ3) is 6.19. The van der Waals surface area contributed by atoms with Crippen molar-refractivity contribution in [3.05, 3.63) is 76.3 Å². The second-order valence-corrected chi connectivity index (χ2v) is 12.0. The molecule has 0 bridgehead atoms. The molecule has 0 saturated carbocycles. The molecule has 3 aliphatic heterocycles. The lowest BCUT2D eigenvalue weighted by Crippen LogP contribution is -2.45. The molecule has 2 aromatic carbocycles. The van der Waals surface area contributed by atoms with E-state index in [1.54, 1.807) is 0 Å². The molecule has 2 N–H and O–H groups in total. The molecule has 0 atom stereocenters. The van der Waals surface area contributed by atoms with Crippen molar-refractivity contribution >= 4 is 46.5 Å². The largest absolute Gasteiger partial charge is 0.381 e. The van der Waals surface area contributed by atoms with Crippen LogP contribution in [0, 0.1) is 0 Å². The van der Waals surface area contributed by atoms with Crippen molar-refractivity contribution < 1.29 is 4.74 Å². The Labute approximate surface area is 247 Å². The van der Waals surface area contributed by atoms with E-state index in [-0.39, 0.29) is 5.41 Å². The number of fused-ring (bicyclic) bond motifs is 1. The van der Waals surface area contributed by atoms with E-state index >= 15 is 0 Å². The fraction of sp³-hybridized carbons (Fsp3) is 0.452. The number of nitrogens with one attached hydrogen (secondary N) is 2. The second-order valence-electron chi connectivity index (χ2n) is 11.1. The van der Waals surface area contributed by atoms with Gasteiger partial charge >= 0.3 is 0 Å². The van der Waals surface area contributed by atoms with E-state index in [9.17, 15) is 0 Å². The maximum absolute atomic E-state index is 6.19. The number of anilines is 3. The quantitative estimate of drug-likeness (QED) is 0.343. The maximum atomic E-state index is 6.19. The molecule has 6 rings (SSSR count). The molecular weight excluding hydrogens is 540 g/mol. The van der Waals surface area contributed by atoms with E-state index in [0.717, 1.165) is 68.9 Å². The van der Waals surface area contributed by atoms with Gasteiger partial charge in [0, 0.05) is 62.4 Å². The summed E-state index contributed by atoms with van der Waals surface area (Å²) in [6.07, 6.45) is 6.77. The maximum Gasteiger partial charge on any atom is 0.232 e. The van der Waals surface area contributed by atoms with Crippen molar-refractivity contribution in [2.24, 2.45) is 0 Å². The first kappa shape index (κ1) is 27.2. The monoisotopic (exact) mass is 576 g/mol. The summed E-state index contributed by atoms with van der Waals surface area (Å²) in [5.41, 5.74) is 3.89. The molecule has 1 aromatic heterocycles. The van der Waals surface area contributed by atoms with E-state index < -0.39 is 0 Å². The third-order valence-corrected chi connectivity index (χ3v) is 9.01. The second kappa shape index (κ2) is 12.3. The molecule has 4 heterocycles. The first-order chi connectivity index (χ1) is 19.6. The summed E-state index contributed by atoms with van der Waals surface area (Å²) in [7, 11) is 0. The lowest BCUT2D eigenvalue weighted by atomic mass is 9.74. The summed E-state index contributed by atoms with van der Waals surface area (Å²) >= 11 is 12.0. The van der Waals surface area contributed by atoms with Crippen molar-refractivity contribution in [2.75, 3.05) is 48.0 Å². The zero-order chi connectivity index (χ0) is 27.4. The molecule has 3 aliphatic rings. The molecule has 40 heavy (non-hydrogen) atoms. The van der Waals surface area contributed by atoms with Gasteiger partial charge in [-0.05, 0) is 66.7 Å². The molecule has 9 heteroatoms. The summed E-state index contributed by atoms with van der Waals surface area (Å²) in [5.74, 6) is 2.44. The Hall–Kier alpha value is -2.94. The highest BCUT2D eigenvalue weighted by Crippen LogP contribution is 2.35. The predicted molar refractivity (Wildman–Crippen MR) is 166 cm³/mol. The number of nitrogens with zero attached hydrogens (tertiary/aromatic N) is 4. The molecule has 0 radical (unpaired) electrons. The van der Waals surface area contributed by atoms with E-state index in [4.69, 9.17) is 38.5 Å². The van der Waals surface area contributed by atoms with Crippen LogP contribution in [0.15, 0.2) is 54.6 Å². The SMILES string of the molecule is S=C(NCC1(c2ccc(Cl)cc2)CCOCC1)Nc1nc(N2CCCCCC2)cc(N2Cc3ccccc3C2)n1. The van der Waals surface area contributed by atoms with Crippen LogP contribution in [-0.2, 0) is 23.2 Å². The molecule has 2 fully saturated rings. The van der Waals surface area contributed by atoms with Crippen molar-refractivity contribution in [1.29, 1.82) is 0 Å². The Balaban J connectivity index is 1.21. The number of ether oxygens (including phenoxy) is 1. The molecule has 2 saturated heterocycles. The van der Waals surface area contributed by atoms with Gasteiger partial charge in [-0.15, -0.1) is 0 Å². The van der Waals surface area contributed by atoms with Gasteiger partial charge in [0.05, 0.1) is 0 Å². The van der Waals surface area contributed by atoms with Gasteiger partial charge in [-0.1, -0.05) is 60.8 Å². The Kier molecular flexibility index (Phi) is 8.37. The molecule has 0 amide bonds. The molecule has 0 aliphatic carbocycles. The minimum atomic E-state index is -0.0736. The number of rotatable bonds is 6. The number of benzene rings is 2. The molecule has 0 unspecified atom stereocenters. The van der Waals surface area contributed by atoms with Crippen LogP contribution >= 0.6 is 23.8 Å². The number of hydrogen-bond donors (Lipinski definition) is 2. The van der Waals surface area contributed by atoms with Crippen LogP contribution in [0.4, 0.5) is 17.6 Å². The Bertz CT molecular complexity index is 1300. The smallest absolute Gasteiger partial charge is 0.232 e. The van der Waals surface area contributed by atoms with Crippen molar-refractivity contribution in [2.45, 2.75) is 57.0 Å². The fourth-order valence-electron chi connectivity index (χ4n) is 6.13. The highest BCUT2D eigenvalue weighted by molar-refractivity contribution is 7.80. The highest BCUT2D eigenvalue weighted by Gasteiger charge is 2.34. The van der Waals surface area contributed by atoms with Gasteiger partial charge in [-0.2, -0.15) is 9.97 Å². The summed E-state index contributed by atoms with van der Waals surface area (Å²) in [4.78, 5) is 14.6. The van der Waals surface area contributed by atoms with Gasteiger partial charge < -0.3 is 25.2 Å². The topological polar surface area (TPSA) is 65.6 Å². The minimum absolute atomic E-state index is 0.0736.